The number of amides is 2. The van der Waals surface area contributed by atoms with Gasteiger partial charge in [-0.05, 0) is 42.3 Å². The van der Waals surface area contributed by atoms with Gasteiger partial charge in [-0.2, -0.15) is 11.8 Å². The number of hydrogen-bond acceptors (Lipinski definition) is 3. The molecule has 0 saturated carbocycles. The number of rotatable bonds is 7. The predicted molar refractivity (Wildman–Crippen MR) is 108 cm³/mol. The van der Waals surface area contributed by atoms with E-state index in [0.29, 0.717) is 18.5 Å². The molecular formula is C20H21ClN2O2S. The summed E-state index contributed by atoms with van der Waals surface area (Å²) in [5, 5.41) is 3.68. The smallest absolute Gasteiger partial charge is 0.251 e. The molecule has 1 saturated heterocycles. The summed E-state index contributed by atoms with van der Waals surface area (Å²) >= 11 is 7.72. The first kappa shape index (κ1) is 18.8. The highest BCUT2D eigenvalue weighted by atomic mass is 35.5. The lowest BCUT2D eigenvalue weighted by Gasteiger charge is -2.16. The number of nitrogens with zero attached hydrogens (tertiary/aromatic N) is 1. The first-order valence-corrected chi connectivity index (χ1v) is 10.2. The van der Waals surface area contributed by atoms with Crippen LogP contribution in [0.15, 0.2) is 48.5 Å². The van der Waals surface area contributed by atoms with Crippen LogP contribution in [0, 0.1) is 0 Å². The van der Waals surface area contributed by atoms with Crippen molar-refractivity contribution in [2.75, 3.05) is 23.7 Å². The molecule has 4 nitrogen and oxygen atoms in total. The maximum Gasteiger partial charge on any atom is 0.251 e. The zero-order chi connectivity index (χ0) is 18.4. The molecule has 26 heavy (non-hydrogen) atoms. The van der Waals surface area contributed by atoms with Gasteiger partial charge in [-0.1, -0.05) is 29.8 Å². The molecule has 3 rings (SSSR count). The number of halogens is 1. The van der Waals surface area contributed by atoms with Crippen LogP contribution < -0.4 is 10.2 Å². The first-order chi connectivity index (χ1) is 12.6. The van der Waals surface area contributed by atoms with Gasteiger partial charge in [-0.3, -0.25) is 9.59 Å². The van der Waals surface area contributed by atoms with Crippen LogP contribution in [0.2, 0.25) is 5.02 Å². The van der Waals surface area contributed by atoms with Gasteiger partial charge in [0.2, 0.25) is 5.91 Å². The van der Waals surface area contributed by atoms with Crippen molar-refractivity contribution >= 4 is 40.9 Å². The Kier molecular flexibility index (Phi) is 6.58. The first-order valence-electron chi connectivity index (χ1n) is 8.64. The number of thioether (sulfide) groups is 1. The lowest BCUT2D eigenvalue weighted by molar-refractivity contribution is -0.117. The van der Waals surface area contributed by atoms with Crippen LogP contribution in [-0.4, -0.2) is 30.7 Å². The molecular weight excluding hydrogens is 368 g/mol. The molecule has 136 valence electrons. The van der Waals surface area contributed by atoms with Crippen LogP contribution in [0.3, 0.4) is 0 Å². The Morgan fingerprint density at radius 1 is 1.19 bits per heavy atom. The molecule has 0 bridgehead atoms. The standard InChI is InChI=1S/C20H21ClN2O2S/c21-17-6-1-4-15(12-17)14-26-11-9-22-20(25)16-5-2-7-18(13-16)23-10-3-8-19(23)24/h1-2,4-7,12-13H,3,8-11,14H2,(H,22,25). The second kappa shape index (κ2) is 9.10. The average molecular weight is 389 g/mol. The van der Waals surface area contributed by atoms with Gasteiger partial charge in [0.25, 0.3) is 5.91 Å². The van der Waals surface area contributed by atoms with Gasteiger partial charge >= 0.3 is 0 Å². The second-order valence-corrected chi connectivity index (χ2v) is 7.68. The fourth-order valence-corrected chi connectivity index (χ4v) is 3.91. The molecule has 2 amide bonds. The molecule has 1 aliphatic heterocycles. The minimum absolute atomic E-state index is 0.109. The van der Waals surface area contributed by atoms with Gasteiger partial charge in [0, 0.05) is 47.3 Å². The van der Waals surface area contributed by atoms with Crippen molar-refractivity contribution in [2.24, 2.45) is 0 Å². The molecule has 1 N–H and O–H groups in total. The Balaban J connectivity index is 1.45. The molecule has 1 aliphatic rings. The van der Waals surface area contributed by atoms with E-state index < -0.39 is 0 Å². The van der Waals surface area contributed by atoms with E-state index in [2.05, 4.69) is 5.32 Å². The molecule has 1 fully saturated rings. The van der Waals surface area contributed by atoms with E-state index in [9.17, 15) is 9.59 Å². The minimum Gasteiger partial charge on any atom is -0.351 e. The monoisotopic (exact) mass is 388 g/mol. The van der Waals surface area contributed by atoms with Crippen LogP contribution in [0.25, 0.3) is 0 Å². The third-order valence-electron chi connectivity index (χ3n) is 4.18. The van der Waals surface area contributed by atoms with E-state index in [1.807, 2.05) is 36.4 Å². The quantitative estimate of drug-likeness (QED) is 0.725. The predicted octanol–water partition coefficient (Wildman–Crippen LogP) is 4.13. The third kappa shape index (κ3) is 5.02. The van der Waals surface area contributed by atoms with Gasteiger partial charge in [0.15, 0.2) is 0 Å². The number of benzene rings is 2. The zero-order valence-corrected chi connectivity index (χ0v) is 16.0. The van der Waals surface area contributed by atoms with E-state index in [4.69, 9.17) is 11.6 Å². The Labute approximate surface area is 162 Å². The van der Waals surface area contributed by atoms with Crippen molar-refractivity contribution in [2.45, 2.75) is 18.6 Å². The fourth-order valence-electron chi connectivity index (χ4n) is 2.89. The average Bonchev–Trinajstić information content (AvgIpc) is 3.07. The van der Waals surface area contributed by atoms with Crippen LogP contribution in [0.1, 0.15) is 28.8 Å². The van der Waals surface area contributed by atoms with E-state index in [0.717, 1.165) is 35.2 Å². The van der Waals surface area contributed by atoms with Gasteiger partial charge < -0.3 is 10.2 Å². The summed E-state index contributed by atoms with van der Waals surface area (Å²) in [4.78, 5) is 25.9. The highest BCUT2D eigenvalue weighted by Gasteiger charge is 2.22. The summed E-state index contributed by atoms with van der Waals surface area (Å²) in [6.07, 6.45) is 1.46. The molecule has 0 spiro atoms. The molecule has 6 heteroatoms. The number of carbonyl (C=O) groups is 2. The number of nitrogens with one attached hydrogen (secondary N) is 1. The molecule has 0 unspecified atom stereocenters. The van der Waals surface area contributed by atoms with Crippen molar-refractivity contribution < 1.29 is 9.59 Å². The summed E-state index contributed by atoms with van der Waals surface area (Å²) in [6, 6.07) is 15.1. The molecule has 2 aromatic rings. The van der Waals surface area contributed by atoms with Crippen molar-refractivity contribution in [1.82, 2.24) is 5.32 Å². The topological polar surface area (TPSA) is 49.4 Å². The summed E-state index contributed by atoms with van der Waals surface area (Å²) in [7, 11) is 0. The normalized spacial score (nSPS) is 13.9. The van der Waals surface area contributed by atoms with Crippen molar-refractivity contribution in [3.05, 3.63) is 64.7 Å². The summed E-state index contributed by atoms with van der Waals surface area (Å²) < 4.78 is 0. The number of carbonyl (C=O) groups excluding carboxylic acids is 2. The van der Waals surface area contributed by atoms with Crippen LogP contribution in [0.4, 0.5) is 5.69 Å². The maximum atomic E-state index is 12.3. The highest BCUT2D eigenvalue weighted by molar-refractivity contribution is 7.98. The Hall–Kier alpha value is -1.98. The Bertz CT molecular complexity index is 797. The van der Waals surface area contributed by atoms with Gasteiger partial charge in [0.1, 0.15) is 0 Å². The van der Waals surface area contributed by atoms with E-state index in [-0.39, 0.29) is 11.8 Å². The lowest BCUT2D eigenvalue weighted by Crippen LogP contribution is -2.27. The number of anilines is 1. The Morgan fingerprint density at radius 3 is 2.81 bits per heavy atom. The molecule has 1 heterocycles. The van der Waals surface area contributed by atoms with Crippen molar-refractivity contribution in [3.63, 3.8) is 0 Å². The fraction of sp³-hybridized carbons (Fsp3) is 0.300. The van der Waals surface area contributed by atoms with Crippen LogP contribution >= 0.6 is 23.4 Å². The number of hydrogen-bond donors (Lipinski definition) is 1. The maximum absolute atomic E-state index is 12.3. The van der Waals surface area contributed by atoms with Crippen molar-refractivity contribution in [1.29, 1.82) is 0 Å². The van der Waals surface area contributed by atoms with Gasteiger partial charge in [-0.15, -0.1) is 0 Å². The lowest BCUT2D eigenvalue weighted by atomic mass is 10.1. The second-order valence-electron chi connectivity index (χ2n) is 6.14. The molecule has 0 aliphatic carbocycles. The van der Waals surface area contributed by atoms with Crippen molar-refractivity contribution in [3.8, 4) is 0 Å². The van der Waals surface area contributed by atoms with E-state index >= 15 is 0 Å². The van der Waals surface area contributed by atoms with Crippen LogP contribution in [-0.2, 0) is 10.5 Å². The minimum atomic E-state index is -0.109. The zero-order valence-electron chi connectivity index (χ0n) is 14.4. The van der Waals surface area contributed by atoms with E-state index in [1.165, 1.54) is 5.56 Å². The molecule has 0 aromatic heterocycles. The third-order valence-corrected chi connectivity index (χ3v) is 5.45. The molecule has 2 aromatic carbocycles. The molecule has 0 radical (unpaired) electrons. The van der Waals surface area contributed by atoms with Gasteiger partial charge in [0.05, 0.1) is 0 Å². The highest BCUT2D eigenvalue weighted by Crippen LogP contribution is 2.22. The van der Waals surface area contributed by atoms with E-state index in [1.54, 1.807) is 28.8 Å². The van der Waals surface area contributed by atoms with Crippen LogP contribution in [0.5, 0.6) is 0 Å². The summed E-state index contributed by atoms with van der Waals surface area (Å²) in [5.41, 5.74) is 2.56. The Morgan fingerprint density at radius 2 is 2.04 bits per heavy atom. The molecule has 0 atom stereocenters. The summed E-state index contributed by atoms with van der Waals surface area (Å²) in [5.74, 6) is 1.70. The largest absolute Gasteiger partial charge is 0.351 e. The van der Waals surface area contributed by atoms with Gasteiger partial charge in [-0.25, -0.2) is 0 Å². The summed E-state index contributed by atoms with van der Waals surface area (Å²) in [6.45, 7) is 1.32. The SMILES string of the molecule is O=C(NCCSCc1cccc(Cl)c1)c1cccc(N2CCCC2=O)c1.